The third-order valence-corrected chi connectivity index (χ3v) is 5.14. The summed E-state index contributed by atoms with van der Waals surface area (Å²) in [5, 5.41) is 13.3. The first kappa shape index (κ1) is 10.6. The van der Waals surface area contributed by atoms with Gasteiger partial charge in [0.1, 0.15) is 5.54 Å². The van der Waals surface area contributed by atoms with E-state index in [-0.39, 0.29) is 5.54 Å². The van der Waals surface area contributed by atoms with Crippen LogP contribution in [0.15, 0.2) is 0 Å². The smallest absolute Gasteiger partial charge is 0.112 e. The topological polar surface area (TPSA) is 35.8 Å². The Morgan fingerprint density at radius 2 is 1.56 bits per heavy atom. The number of rotatable bonds is 2. The van der Waals surface area contributed by atoms with Gasteiger partial charge in [-0.3, -0.25) is 5.32 Å². The number of nitrogens with zero attached hydrogens (tertiary/aromatic N) is 1. The van der Waals surface area contributed by atoms with Gasteiger partial charge in [-0.1, -0.05) is 0 Å². The molecule has 2 heteroatoms. The summed E-state index contributed by atoms with van der Waals surface area (Å²) < 4.78 is 0. The Balaban J connectivity index is 1.92. The van der Waals surface area contributed by atoms with Crippen LogP contribution in [0.1, 0.15) is 46.0 Å². The molecule has 0 unspecified atom stereocenters. The maximum atomic E-state index is 9.68. The van der Waals surface area contributed by atoms with E-state index in [1.165, 1.54) is 32.1 Å². The van der Waals surface area contributed by atoms with Gasteiger partial charge >= 0.3 is 0 Å². The molecule has 4 aliphatic rings. The monoisotopic (exact) mass is 218 g/mol. The highest BCUT2D eigenvalue weighted by Gasteiger charge is 2.57. The minimum atomic E-state index is -0.179. The quantitative estimate of drug-likeness (QED) is 0.773. The molecule has 4 aliphatic carbocycles. The van der Waals surface area contributed by atoms with Gasteiger partial charge in [-0.15, -0.1) is 0 Å². The molecular formula is C14H22N2. The fraction of sp³-hybridized carbons (Fsp3) is 0.929. The van der Waals surface area contributed by atoms with Gasteiger partial charge < -0.3 is 0 Å². The van der Waals surface area contributed by atoms with E-state index >= 15 is 0 Å². The molecule has 0 saturated heterocycles. The molecule has 0 amide bonds. The minimum Gasteiger partial charge on any atom is -0.297 e. The Labute approximate surface area is 98.4 Å². The van der Waals surface area contributed by atoms with E-state index in [1.54, 1.807) is 0 Å². The summed E-state index contributed by atoms with van der Waals surface area (Å²) in [6.45, 7) is 4.34. The Kier molecular flexibility index (Phi) is 2.30. The molecule has 4 fully saturated rings. The van der Waals surface area contributed by atoms with Crippen LogP contribution in [0, 0.1) is 35.0 Å². The number of hydrogen-bond donors (Lipinski definition) is 1. The van der Waals surface area contributed by atoms with Crippen molar-refractivity contribution in [2.24, 2.45) is 23.7 Å². The van der Waals surface area contributed by atoms with E-state index in [4.69, 9.17) is 0 Å². The van der Waals surface area contributed by atoms with Crippen molar-refractivity contribution in [2.45, 2.75) is 57.5 Å². The van der Waals surface area contributed by atoms with Gasteiger partial charge in [0.15, 0.2) is 0 Å². The Bertz CT molecular complexity index is 298. The summed E-state index contributed by atoms with van der Waals surface area (Å²) in [5.41, 5.74) is -0.179. The van der Waals surface area contributed by atoms with Crippen LogP contribution in [0.3, 0.4) is 0 Å². The lowest BCUT2D eigenvalue weighted by Gasteiger charge is -2.59. The zero-order valence-corrected chi connectivity index (χ0v) is 10.4. The lowest BCUT2D eigenvalue weighted by Crippen LogP contribution is -2.65. The zero-order chi connectivity index (χ0) is 11.3. The van der Waals surface area contributed by atoms with Crippen LogP contribution in [0.5, 0.6) is 0 Å². The average Bonchev–Trinajstić information content (AvgIpc) is 2.22. The van der Waals surface area contributed by atoms with Crippen molar-refractivity contribution in [1.82, 2.24) is 5.32 Å². The van der Waals surface area contributed by atoms with Crippen LogP contribution < -0.4 is 5.32 Å². The molecule has 88 valence electrons. The van der Waals surface area contributed by atoms with E-state index in [0.29, 0.717) is 17.9 Å². The van der Waals surface area contributed by atoms with Crippen LogP contribution in [0.4, 0.5) is 0 Å². The number of nitrogens with one attached hydrogen (secondary N) is 1. The maximum Gasteiger partial charge on any atom is 0.112 e. The molecule has 0 atom stereocenters. The first-order valence-electron chi connectivity index (χ1n) is 6.83. The van der Waals surface area contributed by atoms with Crippen LogP contribution in [-0.4, -0.2) is 11.6 Å². The molecule has 4 saturated carbocycles. The van der Waals surface area contributed by atoms with Crippen molar-refractivity contribution in [3.05, 3.63) is 0 Å². The third-order valence-electron chi connectivity index (χ3n) is 5.14. The molecule has 4 rings (SSSR count). The van der Waals surface area contributed by atoms with Gasteiger partial charge in [-0.2, -0.15) is 5.26 Å². The molecule has 1 N–H and O–H groups in total. The van der Waals surface area contributed by atoms with E-state index in [0.717, 1.165) is 11.8 Å². The van der Waals surface area contributed by atoms with Crippen molar-refractivity contribution < 1.29 is 0 Å². The van der Waals surface area contributed by atoms with Crippen LogP contribution in [0.2, 0.25) is 0 Å². The third kappa shape index (κ3) is 1.34. The molecule has 0 radical (unpaired) electrons. The minimum absolute atomic E-state index is 0.179. The second kappa shape index (κ2) is 3.47. The lowest BCUT2D eigenvalue weighted by atomic mass is 9.49. The van der Waals surface area contributed by atoms with Crippen LogP contribution in [0.25, 0.3) is 0 Å². The average molecular weight is 218 g/mol. The second-order valence-electron chi connectivity index (χ2n) is 6.58. The van der Waals surface area contributed by atoms with Crippen molar-refractivity contribution in [3.63, 3.8) is 0 Å². The molecule has 0 heterocycles. The summed E-state index contributed by atoms with van der Waals surface area (Å²) in [7, 11) is 0. The normalized spacial score (nSPS) is 49.6. The standard InChI is InChI=1S/C14H22N2/c1-9(2)16-14(8-15)12-4-10-3-11(6-12)7-13(14)5-10/h9-13,16H,3-7H2,1-2H3. The van der Waals surface area contributed by atoms with Gasteiger partial charge in [0.25, 0.3) is 0 Å². The van der Waals surface area contributed by atoms with E-state index in [9.17, 15) is 5.26 Å². The molecule has 0 aromatic rings. The molecule has 0 aromatic heterocycles. The highest BCUT2D eigenvalue weighted by atomic mass is 15.0. The van der Waals surface area contributed by atoms with Gasteiger partial charge in [0.05, 0.1) is 6.07 Å². The maximum absolute atomic E-state index is 9.68. The molecule has 0 spiro atoms. The van der Waals surface area contributed by atoms with Crippen molar-refractivity contribution >= 4 is 0 Å². The van der Waals surface area contributed by atoms with Gasteiger partial charge in [-0.25, -0.2) is 0 Å². The lowest BCUT2D eigenvalue weighted by molar-refractivity contribution is -0.0496. The van der Waals surface area contributed by atoms with Crippen molar-refractivity contribution in [2.75, 3.05) is 0 Å². The predicted octanol–water partition coefficient (Wildman–Crippen LogP) is 2.70. The van der Waals surface area contributed by atoms with Crippen LogP contribution in [-0.2, 0) is 0 Å². The fourth-order valence-corrected chi connectivity index (χ4v) is 4.86. The SMILES string of the molecule is CC(C)NC1(C#N)C2CC3CC(C2)CC1C3. The fourth-order valence-electron chi connectivity index (χ4n) is 4.86. The summed E-state index contributed by atoms with van der Waals surface area (Å²) in [4.78, 5) is 0. The van der Waals surface area contributed by atoms with Crippen molar-refractivity contribution in [1.29, 1.82) is 5.26 Å². The van der Waals surface area contributed by atoms with E-state index in [2.05, 4.69) is 25.2 Å². The van der Waals surface area contributed by atoms with Gasteiger partial charge in [-0.05, 0) is 69.6 Å². The Hall–Kier alpha value is -0.550. The highest BCUT2D eigenvalue weighted by molar-refractivity contribution is 5.21. The summed E-state index contributed by atoms with van der Waals surface area (Å²) >= 11 is 0. The van der Waals surface area contributed by atoms with E-state index in [1.807, 2.05) is 0 Å². The zero-order valence-electron chi connectivity index (χ0n) is 10.4. The molecule has 2 nitrogen and oxygen atoms in total. The molecular weight excluding hydrogens is 196 g/mol. The second-order valence-corrected chi connectivity index (χ2v) is 6.58. The summed E-state index contributed by atoms with van der Waals surface area (Å²) in [5.74, 6) is 3.16. The Morgan fingerprint density at radius 1 is 1.06 bits per heavy atom. The van der Waals surface area contributed by atoms with E-state index < -0.39 is 0 Å². The molecule has 4 bridgehead atoms. The Morgan fingerprint density at radius 3 is 1.94 bits per heavy atom. The molecule has 16 heavy (non-hydrogen) atoms. The van der Waals surface area contributed by atoms with Crippen molar-refractivity contribution in [3.8, 4) is 6.07 Å². The molecule has 0 aliphatic heterocycles. The largest absolute Gasteiger partial charge is 0.297 e. The number of nitriles is 1. The molecule has 0 aromatic carbocycles. The first-order valence-corrected chi connectivity index (χ1v) is 6.83. The summed E-state index contributed by atoms with van der Waals surface area (Å²) in [6.07, 6.45) is 6.68. The summed E-state index contributed by atoms with van der Waals surface area (Å²) in [6, 6.07) is 3.11. The number of hydrogen-bond acceptors (Lipinski definition) is 2. The van der Waals surface area contributed by atoms with Crippen LogP contribution >= 0.6 is 0 Å². The van der Waals surface area contributed by atoms with Gasteiger partial charge in [0.2, 0.25) is 0 Å². The highest BCUT2D eigenvalue weighted by Crippen LogP contribution is 2.58. The van der Waals surface area contributed by atoms with Gasteiger partial charge in [0, 0.05) is 6.04 Å². The first-order chi connectivity index (χ1) is 7.64. The predicted molar refractivity (Wildman–Crippen MR) is 63.7 cm³/mol.